The molecular weight excluding hydrogens is 1440 g/mol. The van der Waals surface area contributed by atoms with E-state index < -0.39 is 47.3 Å². The fourth-order valence-corrected chi connectivity index (χ4v) is 12.0. The number of imidazole rings is 3. The van der Waals surface area contributed by atoms with Crippen molar-refractivity contribution in [1.29, 1.82) is 0 Å². The molecule has 11 amide bonds. The first-order valence-electron chi connectivity index (χ1n) is 34.4. The summed E-state index contributed by atoms with van der Waals surface area (Å²) < 4.78 is 11.9. The number of aromatic nitrogens is 11. The monoisotopic (exact) mass is 1520 g/mol. The van der Waals surface area contributed by atoms with E-state index in [2.05, 4.69) is 78.3 Å². The quantitative estimate of drug-likeness (QED) is 0.0166. The molecule has 9 rings (SSSR count). The van der Waals surface area contributed by atoms with Crippen molar-refractivity contribution in [3.8, 4) is 0 Å². The Bertz CT molecular complexity index is 4810. The molecule has 0 aliphatic carbocycles. The van der Waals surface area contributed by atoms with E-state index in [1.165, 1.54) is 76.5 Å². The minimum absolute atomic E-state index is 0.00352. The van der Waals surface area contributed by atoms with E-state index in [0.717, 1.165) is 24.2 Å². The molecule has 0 spiro atoms. The number of aryl methyl sites for hydroxylation is 9. The van der Waals surface area contributed by atoms with E-state index in [-0.39, 0.29) is 120 Å². The SMILES string of the molecule is CN(C)CCCNC(=O)c1cc(NC(=O)c2cc(NC(=O)c3cc(NC(=O)c4cc(NC(=O)CCCNC(=O)c5nc(NC(=O)c6cc(NC(=O)c7nc(NC(=O)c8nc(NC(=O)CCNC(=O)CCCc9ccc(N(CCCl)CCCl)cc9)cn8C)cn7C)cn6C)cn5C)cn4C)cn3C)cn2C)cn1C. The number of amides is 11. The largest absolute Gasteiger partial charge is 0.369 e. The summed E-state index contributed by atoms with van der Waals surface area (Å²) in [7, 11) is 16.8. The highest BCUT2D eigenvalue weighted by Gasteiger charge is 2.25. The fraction of sp³-hybridized carbons (Fsp3) is 0.352. The highest BCUT2D eigenvalue weighted by molar-refractivity contribution is 6.19. The molecule has 35 nitrogen and oxygen atoms in total. The third kappa shape index (κ3) is 21.5. The molecule has 0 bridgehead atoms. The Morgan fingerprint density at radius 1 is 0.352 bits per heavy atom. The molecule has 0 unspecified atom stereocenters. The third-order valence-corrected chi connectivity index (χ3v) is 17.3. The molecule has 0 aliphatic heterocycles. The maximum atomic E-state index is 13.5. The van der Waals surface area contributed by atoms with Crippen molar-refractivity contribution in [3.05, 3.63) is 156 Å². The maximum Gasteiger partial charge on any atom is 0.292 e. The lowest BCUT2D eigenvalue weighted by Crippen LogP contribution is -2.28. The number of halogens is 2. The van der Waals surface area contributed by atoms with Gasteiger partial charge in [0, 0.05) is 175 Å². The Hall–Kier alpha value is -12.2. The second-order valence-corrected chi connectivity index (χ2v) is 26.6. The summed E-state index contributed by atoms with van der Waals surface area (Å²) in [5, 5.41) is 30.2. The van der Waals surface area contributed by atoms with Gasteiger partial charge < -0.3 is 105 Å². The van der Waals surface area contributed by atoms with Crippen LogP contribution in [-0.2, 0) is 77.2 Å². The van der Waals surface area contributed by atoms with Crippen molar-refractivity contribution in [2.24, 2.45) is 56.4 Å². The number of carbonyl (C=O) groups excluding carboxylic acids is 11. The summed E-state index contributed by atoms with van der Waals surface area (Å²) in [5.41, 5.74) is 4.86. The molecule has 0 fully saturated rings. The number of benzene rings is 1. The fourth-order valence-electron chi connectivity index (χ4n) is 11.6. The zero-order valence-electron chi connectivity index (χ0n) is 61.5. The Morgan fingerprint density at radius 3 is 1.17 bits per heavy atom. The summed E-state index contributed by atoms with van der Waals surface area (Å²) in [4.78, 5) is 162. The van der Waals surface area contributed by atoms with Gasteiger partial charge in [-0.1, -0.05) is 12.1 Å². The van der Waals surface area contributed by atoms with Gasteiger partial charge in [0.25, 0.3) is 47.3 Å². The zero-order chi connectivity index (χ0) is 78.0. The predicted octanol–water partition coefficient (Wildman–Crippen LogP) is 5.68. The second kappa shape index (κ2) is 36.7. The van der Waals surface area contributed by atoms with Crippen molar-refractivity contribution in [1.82, 2.24) is 72.3 Å². The number of anilines is 9. The van der Waals surface area contributed by atoms with Crippen molar-refractivity contribution < 1.29 is 52.7 Å². The van der Waals surface area contributed by atoms with Crippen molar-refractivity contribution >= 4 is 140 Å². The van der Waals surface area contributed by atoms with Crippen LogP contribution in [0, 0.1) is 0 Å². The Labute approximate surface area is 631 Å². The van der Waals surface area contributed by atoms with Crippen molar-refractivity contribution in [2.45, 2.75) is 44.9 Å². The van der Waals surface area contributed by atoms with Gasteiger partial charge in [0.2, 0.25) is 35.2 Å². The molecule has 8 heterocycles. The second-order valence-electron chi connectivity index (χ2n) is 25.9. The molecule has 37 heteroatoms. The van der Waals surface area contributed by atoms with Crippen molar-refractivity contribution in [3.63, 3.8) is 0 Å². The summed E-state index contributed by atoms with van der Waals surface area (Å²) in [6.07, 6.45) is 14.7. The van der Waals surface area contributed by atoms with E-state index in [1.807, 2.05) is 43.3 Å². The lowest BCUT2D eigenvalue weighted by molar-refractivity contribution is -0.121. The molecule has 11 N–H and O–H groups in total. The first-order valence-corrected chi connectivity index (χ1v) is 35.4. The van der Waals surface area contributed by atoms with Crippen LogP contribution in [0.25, 0.3) is 0 Å². The first-order chi connectivity index (χ1) is 51.5. The molecule has 0 aliphatic rings. The molecule has 1 aromatic carbocycles. The molecule has 9 aromatic rings. The summed E-state index contributed by atoms with van der Waals surface area (Å²) in [5.74, 6) is -4.40. The Balaban J connectivity index is 0.663. The molecular formula is C71H88Cl2N24O11. The van der Waals surface area contributed by atoms with Gasteiger partial charge in [0.05, 0.1) is 28.4 Å². The Kier molecular flexibility index (Phi) is 27.1. The number of rotatable bonds is 36. The van der Waals surface area contributed by atoms with Gasteiger partial charge in [-0.3, -0.25) is 52.7 Å². The lowest BCUT2D eigenvalue weighted by atomic mass is 10.1. The maximum absolute atomic E-state index is 13.5. The topological polar surface area (TPSA) is 405 Å². The van der Waals surface area contributed by atoms with E-state index in [4.69, 9.17) is 23.2 Å². The van der Waals surface area contributed by atoms with Crippen LogP contribution in [-0.4, -0.2) is 186 Å². The van der Waals surface area contributed by atoms with Crippen LogP contribution in [0.1, 0.15) is 128 Å². The van der Waals surface area contributed by atoms with Crippen LogP contribution >= 0.6 is 23.2 Å². The van der Waals surface area contributed by atoms with Crippen LogP contribution in [0.3, 0.4) is 0 Å². The number of alkyl halides is 2. The number of hydrogen-bond acceptors (Lipinski definition) is 16. The van der Waals surface area contributed by atoms with Gasteiger partial charge in [-0.05, 0) is 94.4 Å². The molecule has 0 saturated carbocycles. The smallest absolute Gasteiger partial charge is 0.292 e. The minimum atomic E-state index is -0.687. The average Bonchev–Trinajstić information content (AvgIpc) is 1.23. The number of hydrogen-bond donors (Lipinski definition) is 11. The summed E-state index contributed by atoms with van der Waals surface area (Å²) in [6.45, 7) is 2.88. The number of nitrogens with zero attached hydrogens (tertiary/aromatic N) is 13. The molecule has 0 atom stereocenters. The third-order valence-electron chi connectivity index (χ3n) is 17.0. The molecule has 0 radical (unpaired) electrons. The number of carbonyl (C=O) groups is 11. The van der Waals surface area contributed by atoms with Gasteiger partial charge in [0.1, 0.15) is 28.5 Å². The van der Waals surface area contributed by atoms with Crippen LogP contribution in [0.4, 0.5) is 51.6 Å². The number of nitrogens with one attached hydrogen (secondary N) is 11. The molecule has 572 valence electrons. The highest BCUT2D eigenvalue weighted by atomic mass is 35.5. The van der Waals surface area contributed by atoms with E-state index >= 15 is 0 Å². The molecule has 8 aromatic heterocycles. The van der Waals surface area contributed by atoms with Crippen LogP contribution < -0.4 is 63.4 Å². The first kappa shape index (κ1) is 79.9. The zero-order valence-corrected chi connectivity index (χ0v) is 63.0. The van der Waals surface area contributed by atoms with E-state index in [9.17, 15) is 52.7 Å². The van der Waals surface area contributed by atoms with E-state index in [1.54, 1.807) is 96.4 Å². The predicted molar refractivity (Wildman–Crippen MR) is 409 cm³/mol. The average molecular weight is 1520 g/mol. The van der Waals surface area contributed by atoms with Crippen LogP contribution in [0.2, 0.25) is 0 Å². The van der Waals surface area contributed by atoms with Gasteiger partial charge in [-0.25, -0.2) is 15.0 Å². The highest BCUT2D eigenvalue weighted by Crippen LogP contribution is 2.24. The van der Waals surface area contributed by atoms with Gasteiger partial charge in [0.15, 0.2) is 17.5 Å². The lowest BCUT2D eigenvalue weighted by Gasteiger charge is -2.23. The molecule has 0 saturated heterocycles. The van der Waals surface area contributed by atoms with Crippen LogP contribution in [0.5, 0.6) is 0 Å². The summed E-state index contributed by atoms with van der Waals surface area (Å²) in [6, 6.07) is 15.6. The van der Waals surface area contributed by atoms with Gasteiger partial charge in [-0.15, -0.1) is 23.2 Å². The minimum Gasteiger partial charge on any atom is -0.369 e. The summed E-state index contributed by atoms with van der Waals surface area (Å²) >= 11 is 11.9. The van der Waals surface area contributed by atoms with Crippen molar-refractivity contribution in [2.75, 3.05) is 113 Å². The van der Waals surface area contributed by atoms with E-state index in [0.29, 0.717) is 72.7 Å². The van der Waals surface area contributed by atoms with Gasteiger partial charge >= 0.3 is 0 Å². The van der Waals surface area contributed by atoms with Gasteiger partial charge in [-0.2, -0.15) is 0 Å². The molecule has 108 heavy (non-hydrogen) atoms. The Morgan fingerprint density at radius 2 is 0.713 bits per heavy atom. The standard InChI is InChI=1S/C71H88Cl2N24O11/c1-88(2)27-13-25-75-64(101)50-31-45(36-89(50)3)78-66(103)52-33-47(38-91(52)5)80-67(104)53-32-46(37-92(53)6)79-65(102)51-30-44(35-90(51)4)77-59(99)16-12-24-76-69(106)61-84-56(41-94(61)8)86-68(105)54-34-48(39-93(54)7)81-70(107)62-85-57(42-96(62)10)87-71(108)63-83-55(40-95(63)9)82-60(100)21-26-74-58(98)15-11-14-43-17-19-49(20-18-43)97(28-22-72)29-23-73/h17-20,30-42H,11-16,21-29H2,1-10H3,(H,74,98)(H,75,101)(H,76,106)(H,77,99)(H,78,103)(H,79,102)(H,80,104)(H,81,107)(H,82,100)(H,86,105)(H,87,108). The van der Waals surface area contributed by atoms with Crippen LogP contribution in [0.15, 0.2) is 104 Å². The normalized spacial score (nSPS) is 11.1.